The van der Waals surface area contributed by atoms with Gasteiger partial charge in [-0.2, -0.15) is 0 Å². The smallest absolute Gasteiger partial charge is 0.269 e. The van der Waals surface area contributed by atoms with Crippen LogP contribution < -0.4 is 5.73 Å². The first-order valence-electron chi connectivity index (χ1n) is 7.47. The molecule has 1 aliphatic heterocycles. The number of rotatable bonds is 5. The molecule has 0 spiro atoms. The number of nitrogens with two attached hydrogens (primary N) is 1. The highest BCUT2D eigenvalue weighted by atomic mass is 79.9. The van der Waals surface area contributed by atoms with Gasteiger partial charge in [0.2, 0.25) is 5.78 Å². The Kier molecular flexibility index (Phi) is 5.01. The normalized spacial score (nSPS) is 20.6. The standard InChI is InChI=1S/C17H15BrF2N2O3/c18-12-6-14(25-7-12)13(23)5-10-2-1-3-11(4-10)17(16(19)20)9-24-8-15(21)22-17/h1-4,6-7,16H,5,8-9H2,(H2,21,22). The Hall–Kier alpha value is -2.06. The molecule has 1 aromatic carbocycles. The van der Waals surface area contributed by atoms with E-state index in [-0.39, 0.29) is 42.6 Å². The Morgan fingerprint density at radius 2 is 2.20 bits per heavy atom. The topological polar surface area (TPSA) is 77.8 Å². The molecule has 0 radical (unpaired) electrons. The molecule has 0 fully saturated rings. The van der Waals surface area contributed by atoms with Crippen LogP contribution in [0.25, 0.3) is 0 Å². The predicted octanol–water partition coefficient (Wildman–Crippen LogP) is 3.32. The predicted molar refractivity (Wildman–Crippen MR) is 91.0 cm³/mol. The first-order valence-corrected chi connectivity index (χ1v) is 8.27. The van der Waals surface area contributed by atoms with Gasteiger partial charge in [-0.1, -0.05) is 24.3 Å². The minimum absolute atomic E-state index is 0.0210. The van der Waals surface area contributed by atoms with Gasteiger partial charge in [-0.25, -0.2) is 8.78 Å². The summed E-state index contributed by atoms with van der Waals surface area (Å²) in [7, 11) is 0. The van der Waals surface area contributed by atoms with Crippen molar-refractivity contribution in [2.24, 2.45) is 10.7 Å². The molecule has 5 nitrogen and oxygen atoms in total. The Labute approximate surface area is 151 Å². The van der Waals surface area contributed by atoms with Gasteiger partial charge >= 0.3 is 0 Å². The molecule has 3 rings (SSSR count). The zero-order chi connectivity index (χ0) is 18.0. The van der Waals surface area contributed by atoms with Gasteiger partial charge in [0.15, 0.2) is 11.3 Å². The fourth-order valence-electron chi connectivity index (χ4n) is 2.70. The Bertz CT molecular complexity index is 822. The summed E-state index contributed by atoms with van der Waals surface area (Å²) in [5.74, 6) is -0.0329. The summed E-state index contributed by atoms with van der Waals surface area (Å²) in [4.78, 5) is 16.2. The van der Waals surface area contributed by atoms with E-state index in [1.54, 1.807) is 18.2 Å². The number of Topliss-reactive ketones (excluding diaryl/α,β-unsaturated/α-hetero) is 1. The molecule has 1 aliphatic rings. The van der Waals surface area contributed by atoms with E-state index in [9.17, 15) is 13.6 Å². The quantitative estimate of drug-likeness (QED) is 0.764. The molecule has 0 aliphatic carbocycles. The van der Waals surface area contributed by atoms with Gasteiger partial charge in [0.1, 0.15) is 18.7 Å². The van der Waals surface area contributed by atoms with Gasteiger partial charge < -0.3 is 14.9 Å². The maximum atomic E-state index is 13.8. The SMILES string of the molecule is NC1=NC(c2cccc(CC(=O)c3cc(Br)co3)c2)(C(F)F)COC1. The highest BCUT2D eigenvalue weighted by molar-refractivity contribution is 9.10. The molecule has 2 N–H and O–H groups in total. The van der Waals surface area contributed by atoms with Gasteiger partial charge in [0, 0.05) is 12.5 Å². The molecular weight excluding hydrogens is 398 g/mol. The number of halogens is 3. The number of ketones is 1. The van der Waals surface area contributed by atoms with Gasteiger partial charge in [-0.05, 0) is 27.1 Å². The molecule has 1 aromatic heterocycles. The average Bonchev–Trinajstić information content (AvgIpc) is 3.01. The molecule has 25 heavy (non-hydrogen) atoms. The van der Waals surface area contributed by atoms with Crippen LogP contribution in [-0.2, 0) is 16.7 Å². The number of alkyl halides is 2. The van der Waals surface area contributed by atoms with E-state index in [2.05, 4.69) is 20.9 Å². The zero-order valence-electron chi connectivity index (χ0n) is 13.0. The lowest BCUT2D eigenvalue weighted by Crippen LogP contribution is -2.44. The summed E-state index contributed by atoms with van der Waals surface area (Å²) >= 11 is 3.21. The van der Waals surface area contributed by atoms with Crippen molar-refractivity contribution in [2.45, 2.75) is 18.4 Å². The third kappa shape index (κ3) is 3.64. The monoisotopic (exact) mass is 412 g/mol. The molecule has 2 aromatic rings. The van der Waals surface area contributed by atoms with Crippen LogP contribution in [0.15, 0.2) is 50.5 Å². The van der Waals surface area contributed by atoms with E-state index < -0.39 is 12.0 Å². The Balaban J connectivity index is 1.90. The molecule has 132 valence electrons. The third-order valence-electron chi connectivity index (χ3n) is 3.91. The molecule has 0 amide bonds. The van der Waals surface area contributed by atoms with Crippen LogP contribution in [-0.4, -0.2) is 31.3 Å². The maximum absolute atomic E-state index is 13.8. The van der Waals surface area contributed by atoms with Crippen molar-refractivity contribution < 1.29 is 22.7 Å². The van der Waals surface area contributed by atoms with Crippen LogP contribution >= 0.6 is 15.9 Å². The van der Waals surface area contributed by atoms with Crippen molar-refractivity contribution >= 4 is 27.5 Å². The average molecular weight is 413 g/mol. The molecule has 2 heterocycles. The summed E-state index contributed by atoms with van der Waals surface area (Å²) in [6.45, 7) is -0.242. The van der Waals surface area contributed by atoms with Crippen LogP contribution in [0.1, 0.15) is 21.7 Å². The van der Waals surface area contributed by atoms with E-state index in [1.807, 2.05) is 0 Å². The van der Waals surface area contributed by atoms with Crippen LogP contribution in [0.3, 0.4) is 0 Å². The lowest BCUT2D eigenvalue weighted by Gasteiger charge is -2.33. The van der Waals surface area contributed by atoms with Crippen molar-refractivity contribution in [3.63, 3.8) is 0 Å². The van der Waals surface area contributed by atoms with Crippen molar-refractivity contribution in [3.05, 3.63) is 58.0 Å². The van der Waals surface area contributed by atoms with E-state index in [1.165, 1.54) is 18.4 Å². The van der Waals surface area contributed by atoms with E-state index in [0.29, 0.717) is 10.0 Å². The van der Waals surface area contributed by atoms with Crippen LogP contribution in [0.2, 0.25) is 0 Å². The lowest BCUT2D eigenvalue weighted by molar-refractivity contribution is -0.0129. The number of nitrogens with zero attached hydrogens (tertiary/aromatic N) is 1. The van der Waals surface area contributed by atoms with E-state index in [4.69, 9.17) is 14.9 Å². The number of benzene rings is 1. The number of hydrogen-bond acceptors (Lipinski definition) is 5. The summed E-state index contributed by atoms with van der Waals surface area (Å²) in [6.07, 6.45) is -1.36. The molecule has 0 saturated heterocycles. The maximum Gasteiger partial charge on any atom is 0.269 e. The molecule has 0 bridgehead atoms. The number of carbonyl (C=O) groups excluding carboxylic acids is 1. The molecule has 1 unspecified atom stereocenters. The number of carbonyl (C=O) groups is 1. The Morgan fingerprint density at radius 1 is 1.40 bits per heavy atom. The zero-order valence-corrected chi connectivity index (χ0v) is 14.6. The molecule has 8 heteroatoms. The van der Waals surface area contributed by atoms with Crippen molar-refractivity contribution in [1.29, 1.82) is 0 Å². The first kappa shape index (κ1) is 17.8. The number of amidine groups is 1. The van der Waals surface area contributed by atoms with Gasteiger partial charge in [-0.3, -0.25) is 9.79 Å². The first-order chi connectivity index (χ1) is 11.9. The fraction of sp³-hybridized carbons (Fsp3) is 0.294. The molecule has 0 saturated carbocycles. The second-order valence-electron chi connectivity index (χ2n) is 5.75. The van der Waals surface area contributed by atoms with Crippen LogP contribution in [0.5, 0.6) is 0 Å². The van der Waals surface area contributed by atoms with Crippen molar-refractivity contribution in [2.75, 3.05) is 13.2 Å². The summed E-state index contributed by atoms with van der Waals surface area (Å²) < 4.78 is 38.5. The number of furan rings is 1. The van der Waals surface area contributed by atoms with E-state index in [0.717, 1.165) is 0 Å². The van der Waals surface area contributed by atoms with Gasteiger partial charge in [0.05, 0.1) is 11.1 Å². The fourth-order valence-corrected chi connectivity index (χ4v) is 3.00. The second kappa shape index (κ2) is 7.05. The number of hydrogen-bond donors (Lipinski definition) is 1. The van der Waals surface area contributed by atoms with Gasteiger partial charge in [0.25, 0.3) is 6.43 Å². The third-order valence-corrected chi connectivity index (χ3v) is 4.33. The molecule has 1 atom stereocenters. The minimum atomic E-state index is -2.79. The lowest BCUT2D eigenvalue weighted by atomic mass is 9.89. The van der Waals surface area contributed by atoms with Crippen molar-refractivity contribution in [3.8, 4) is 0 Å². The largest absolute Gasteiger partial charge is 0.460 e. The number of aliphatic imine (C=N–C) groups is 1. The van der Waals surface area contributed by atoms with Gasteiger partial charge in [-0.15, -0.1) is 0 Å². The highest BCUT2D eigenvalue weighted by Gasteiger charge is 2.44. The van der Waals surface area contributed by atoms with Crippen molar-refractivity contribution in [1.82, 2.24) is 0 Å². The summed E-state index contributed by atoms with van der Waals surface area (Å²) in [6, 6.07) is 7.94. The van der Waals surface area contributed by atoms with Crippen LogP contribution in [0.4, 0.5) is 8.78 Å². The highest BCUT2D eigenvalue weighted by Crippen LogP contribution is 2.35. The second-order valence-corrected chi connectivity index (χ2v) is 6.67. The summed E-state index contributed by atoms with van der Waals surface area (Å²) in [5, 5.41) is 0. The molecular formula is C17H15BrF2N2O3. The summed E-state index contributed by atoms with van der Waals surface area (Å²) in [5.41, 5.74) is 4.59. The number of ether oxygens (including phenoxy) is 1. The Morgan fingerprint density at radius 3 is 2.84 bits per heavy atom. The van der Waals surface area contributed by atoms with Crippen LogP contribution in [0, 0.1) is 0 Å². The van der Waals surface area contributed by atoms with E-state index >= 15 is 0 Å². The minimum Gasteiger partial charge on any atom is -0.460 e.